The number of benzene rings is 2. The lowest BCUT2D eigenvalue weighted by atomic mass is 10.0. The average Bonchev–Trinajstić information content (AvgIpc) is 3.02. The molecule has 2 heterocycles. The number of rotatable bonds is 2. The maximum Gasteiger partial charge on any atom is 0.290 e. The molecule has 0 bridgehead atoms. The summed E-state index contributed by atoms with van der Waals surface area (Å²) in [4.78, 5) is 23.6. The first-order valence-corrected chi connectivity index (χ1v) is 7.97. The van der Waals surface area contributed by atoms with Gasteiger partial charge in [-0.05, 0) is 35.4 Å². The number of aryl methyl sites for hydroxylation is 1. The molecule has 0 aliphatic heterocycles. The topological polar surface area (TPSA) is 84.1 Å². The van der Waals surface area contributed by atoms with E-state index in [0.29, 0.717) is 0 Å². The first-order chi connectivity index (χ1) is 12.5. The Bertz CT molecular complexity index is 1070. The summed E-state index contributed by atoms with van der Waals surface area (Å²) >= 11 is 0. The van der Waals surface area contributed by atoms with Crippen molar-refractivity contribution in [1.82, 2.24) is 19.5 Å². The molecule has 0 aliphatic carbocycles. The third kappa shape index (κ3) is 3.32. The van der Waals surface area contributed by atoms with Gasteiger partial charge in [0.05, 0.1) is 22.9 Å². The minimum absolute atomic E-state index is 0.250. The molecule has 7 nitrogen and oxygen atoms in total. The summed E-state index contributed by atoms with van der Waals surface area (Å²) in [7, 11) is 5.90. The predicted molar refractivity (Wildman–Crippen MR) is 102 cm³/mol. The zero-order chi connectivity index (χ0) is 18.7. The molecule has 0 amide bonds. The molecule has 7 heteroatoms. The van der Waals surface area contributed by atoms with Crippen molar-refractivity contribution < 1.29 is 9.90 Å². The van der Waals surface area contributed by atoms with E-state index in [2.05, 4.69) is 45.3 Å². The van der Waals surface area contributed by atoms with Crippen LogP contribution < -0.4 is 4.90 Å². The summed E-state index contributed by atoms with van der Waals surface area (Å²) in [5, 5.41) is 7.93. The van der Waals surface area contributed by atoms with Crippen LogP contribution in [-0.4, -0.2) is 45.2 Å². The first kappa shape index (κ1) is 17.3. The summed E-state index contributed by atoms with van der Waals surface area (Å²) in [6.07, 6.45) is 3.72. The van der Waals surface area contributed by atoms with Crippen molar-refractivity contribution in [3.05, 3.63) is 48.9 Å². The van der Waals surface area contributed by atoms with Gasteiger partial charge in [-0.15, -0.1) is 0 Å². The third-order valence-electron chi connectivity index (χ3n) is 4.03. The van der Waals surface area contributed by atoms with Crippen molar-refractivity contribution in [2.45, 2.75) is 0 Å². The SMILES string of the molecule is CN(C)c1ncc2cc(-c3ccc4ncn(C)c4c3)ccc2n1.O=CO. The molecule has 26 heavy (non-hydrogen) atoms. The average molecular weight is 349 g/mol. The van der Waals surface area contributed by atoms with Crippen molar-refractivity contribution in [3.8, 4) is 11.1 Å². The maximum absolute atomic E-state index is 8.36. The fourth-order valence-corrected chi connectivity index (χ4v) is 2.72. The summed E-state index contributed by atoms with van der Waals surface area (Å²) in [6.45, 7) is -0.250. The Morgan fingerprint density at radius 2 is 1.69 bits per heavy atom. The minimum atomic E-state index is -0.250. The number of carboxylic acid groups (broad SMARTS) is 1. The van der Waals surface area contributed by atoms with Crippen LogP contribution in [0.15, 0.2) is 48.9 Å². The highest BCUT2D eigenvalue weighted by Gasteiger charge is 2.06. The fraction of sp³-hybridized carbons (Fsp3) is 0.158. The van der Waals surface area contributed by atoms with E-state index < -0.39 is 0 Å². The van der Waals surface area contributed by atoms with Gasteiger partial charge in [0.1, 0.15) is 0 Å². The molecule has 0 radical (unpaired) electrons. The number of nitrogens with zero attached hydrogens (tertiary/aromatic N) is 5. The van der Waals surface area contributed by atoms with E-state index in [1.165, 1.54) is 5.56 Å². The fourth-order valence-electron chi connectivity index (χ4n) is 2.72. The third-order valence-corrected chi connectivity index (χ3v) is 4.03. The lowest BCUT2D eigenvalue weighted by molar-refractivity contribution is -0.122. The normalized spacial score (nSPS) is 10.4. The smallest absolute Gasteiger partial charge is 0.290 e. The van der Waals surface area contributed by atoms with E-state index in [0.717, 1.165) is 33.4 Å². The molecular weight excluding hydrogens is 330 g/mol. The van der Waals surface area contributed by atoms with E-state index in [1.807, 2.05) is 49.2 Å². The van der Waals surface area contributed by atoms with Crippen molar-refractivity contribution in [2.24, 2.45) is 7.05 Å². The molecule has 2 aromatic heterocycles. The molecule has 1 N–H and O–H groups in total. The zero-order valence-electron chi connectivity index (χ0n) is 14.8. The highest BCUT2D eigenvalue weighted by Crippen LogP contribution is 2.26. The second-order valence-electron chi connectivity index (χ2n) is 6.00. The van der Waals surface area contributed by atoms with E-state index in [-0.39, 0.29) is 6.47 Å². The zero-order valence-corrected chi connectivity index (χ0v) is 14.8. The van der Waals surface area contributed by atoms with Crippen LogP contribution in [0.5, 0.6) is 0 Å². The molecule has 0 saturated carbocycles. The Morgan fingerprint density at radius 3 is 2.38 bits per heavy atom. The van der Waals surface area contributed by atoms with E-state index in [4.69, 9.17) is 9.90 Å². The summed E-state index contributed by atoms with van der Waals surface area (Å²) < 4.78 is 2.03. The Morgan fingerprint density at radius 1 is 1.04 bits per heavy atom. The van der Waals surface area contributed by atoms with Crippen LogP contribution in [0.4, 0.5) is 5.95 Å². The molecule has 4 aromatic rings. The van der Waals surface area contributed by atoms with Gasteiger partial charge in [0.2, 0.25) is 5.95 Å². The van der Waals surface area contributed by atoms with Crippen molar-refractivity contribution in [1.29, 1.82) is 0 Å². The number of anilines is 1. The van der Waals surface area contributed by atoms with Gasteiger partial charge in [0.15, 0.2) is 0 Å². The Hall–Kier alpha value is -3.48. The van der Waals surface area contributed by atoms with Crippen LogP contribution >= 0.6 is 0 Å². The van der Waals surface area contributed by atoms with Gasteiger partial charge in [-0.1, -0.05) is 12.1 Å². The van der Waals surface area contributed by atoms with E-state index >= 15 is 0 Å². The maximum atomic E-state index is 8.36. The highest BCUT2D eigenvalue weighted by molar-refractivity contribution is 5.87. The van der Waals surface area contributed by atoms with Gasteiger partial charge < -0.3 is 14.6 Å². The second kappa shape index (κ2) is 7.18. The van der Waals surface area contributed by atoms with Crippen LogP contribution in [-0.2, 0) is 11.8 Å². The molecule has 132 valence electrons. The number of aromatic nitrogens is 4. The molecule has 0 atom stereocenters. The van der Waals surface area contributed by atoms with Gasteiger partial charge in [-0.2, -0.15) is 0 Å². The minimum Gasteiger partial charge on any atom is -0.483 e. The molecule has 4 rings (SSSR count). The van der Waals surface area contributed by atoms with Gasteiger partial charge in [0, 0.05) is 32.7 Å². The monoisotopic (exact) mass is 349 g/mol. The van der Waals surface area contributed by atoms with Crippen LogP contribution in [0.1, 0.15) is 0 Å². The van der Waals surface area contributed by atoms with Crippen LogP contribution in [0, 0.1) is 0 Å². The molecule has 0 saturated heterocycles. The molecule has 2 aromatic carbocycles. The molecule has 0 unspecified atom stereocenters. The Labute approximate surface area is 150 Å². The number of hydrogen-bond donors (Lipinski definition) is 1. The Balaban J connectivity index is 0.000000613. The summed E-state index contributed by atoms with van der Waals surface area (Å²) in [5.41, 5.74) is 5.41. The van der Waals surface area contributed by atoms with Crippen LogP contribution in [0.2, 0.25) is 0 Å². The van der Waals surface area contributed by atoms with Gasteiger partial charge >= 0.3 is 0 Å². The number of carbonyl (C=O) groups is 1. The van der Waals surface area contributed by atoms with Crippen molar-refractivity contribution in [3.63, 3.8) is 0 Å². The molecule has 0 spiro atoms. The number of imidazole rings is 1. The largest absolute Gasteiger partial charge is 0.483 e. The summed E-state index contributed by atoms with van der Waals surface area (Å²) in [5.74, 6) is 0.724. The highest BCUT2D eigenvalue weighted by atomic mass is 16.3. The lowest BCUT2D eigenvalue weighted by Gasteiger charge is -2.10. The van der Waals surface area contributed by atoms with Crippen molar-refractivity contribution >= 4 is 34.4 Å². The molecule has 0 aliphatic rings. The van der Waals surface area contributed by atoms with Crippen molar-refractivity contribution in [2.75, 3.05) is 19.0 Å². The second-order valence-corrected chi connectivity index (χ2v) is 6.00. The van der Waals surface area contributed by atoms with Gasteiger partial charge in [-0.3, -0.25) is 4.79 Å². The molecule has 0 fully saturated rings. The quantitative estimate of drug-likeness (QED) is 0.560. The van der Waals surface area contributed by atoms with Gasteiger partial charge in [0.25, 0.3) is 6.47 Å². The lowest BCUT2D eigenvalue weighted by Crippen LogP contribution is -2.12. The summed E-state index contributed by atoms with van der Waals surface area (Å²) in [6, 6.07) is 12.6. The van der Waals surface area contributed by atoms with E-state index in [1.54, 1.807) is 0 Å². The molecular formula is C19H19N5O2. The van der Waals surface area contributed by atoms with Gasteiger partial charge in [-0.25, -0.2) is 15.0 Å². The van der Waals surface area contributed by atoms with Crippen LogP contribution in [0.3, 0.4) is 0 Å². The van der Waals surface area contributed by atoms with E-state index in [9.17, 15) is 0 Å². The van der Waals surface area contributed by atoms with Crippen LogP contribution in [0.25, 0.3) is 33.1 Å². The Kier molecular flexibility index (Phi) is 4.79. The predicted octanol–water partition coefficient (Wildman–Crippen LogP) is 2.95. The number of fused-ring (bicyclic) bond motifs is 2. The standard InChI is InChI=1S/C18H17N5.CH2O2/c1-22(2)18-19-10-14-8-12(4-6-15(14)21-18)13-5-7-16-17(9-13)23(3)11-20-16;2-1-3/h4-11H,1-3H3;1H,(H,2,3). The first-order valence-electron chi connectivity index (χ1n) is 7.97. The number of hydrogen-bond acceptors (Lipinski definition) is 5.